The molecule has 1 heterocycles. The first-order valence-corrected chi connectivity index (χ1v) is 6.65. The van der Waals surface area contributed by atoms with Crippen LogP contribution in [0, 0.1) is 17.8 Å². The van der Waals surface area contributed by atoms with Crippen molar-refractivity contribution in [3.8, 4) is 0 Å². The zero-order valence-corrected chi connectivity index (χ0v) is 11.3. The fraction of sp³-hybridized carbons (Fsp3) is 0.786. The van der Waals surface area contributed by atoms with Crippen molar-refractivity contribution in [2.75, 3.05) is 0 Å². The van der Waals surface area contributed by atoms with E-state index >= 15 is 0 Å². The van der Waals surface area contributed by atoms with Gasteiger partial charge in [-0.2, -0.15) is 0 Å². The molecule has 0 aliphatic heterocycles. The number of rotatable bonds is 2. The summed E-state index contributed by atoms with van der Waals surface area (Å²) in [5.41, 5.74) is -0.746. The van der Waals surface area contributed by atoms with E-state index in [4.69, 9.17) is 0 Å². The quantitative estimate of drug-likeness (QED) is 0.857. The minimum atomic E-state index is -0.746. The SMILES string of the molecule is CC1CCC(C(C)C)C(O)(c2nccn2C)C1. The Kier molecular flexibility index (Phi) is 3.30. The van der Waals surface area contributed by atoms with Crippen LogP contribution < -0.4 is 0 Å². The molecule has 3 atom stereocenters. The van der Waals surface area contributed by atoms with Crippen LogP contribution in [0.5, 0.6) is 0 Å². The normalized spacial score (nSPS) is 34.2. The van der Waals surface area contributed by atoms with Crippen molar-refractivity contribution in [1.82, 2.24) is 9.55 Å². The lowest BCUT2D eigenvalue weighted by Crippen LogP contribution is -2.44. The number of hydrogen-bond donors (Lipinski definition) is 1. The van der Waals surface area contributed by atoms with Gasteiger partial charge in [0.15, 0.2) is 0 Å². The van der Waals surface area contributed by atoms with Gasteiger partial charge in [0.05, 0.1) is 0 Å². The highest BCUT2D eigenvalue weighted by Crippen LogP contribution is 2.46. The molecular weight excluding hydrogens is 212 g/mol. The van der Waals surface area contributed by atoms with E-state index in [9.17, 15) is 5.11 Å². The molecule has 1 aliphatic rings. The van der Waals surface area contributed by atoms with Crippen molar-refractivity contribution in [2.24, 2.45) is 24.8 Å². The van der Waals surface area contributed by atoms with Gasteiger partial charge in [-0.3, -0.25) is 0 Å². The molecule has 3 unspecified atom stereocenters. The van der Waals surface area contributed by atoms with Crippen molar-refractivity contribution in [2.45, 2.75) is 45.6 Å². The molecule has 1 aromatic rings. The van der Waals surface area contributed by atoms with E-state index in [1.807, 2.05) is 17.8 Å². The third-order valence-electron chi connectivity index (χ3n) is 4.26. The van der Waals surface area contributed by atoms with Gasteiger partial charge >= 0.3 is 0 Å². The molecule has 0 amide bonds. The van der Waals surface area contributed by atoms with Crippen molar-refractivity contribution < 1.29 is 5.11 Å². The first kappa shape index (κ1) is 12.6. The van der Waals surface area contributed by atoms with Crippen LogP contribution in [0.4, 0.5) is 0 Å². The van der Waals surface area contributed by atoms with E-state index in [1.54, 1.807) is 6.20 Å². The summed E-state index contributed by atoms with van der Waals surface area (Å²) >= 11 is 0. The van der Waals surface area contributed by atoms with Crippen molar-refractivity contribution in [1.29, 1.82) is 0 Å². The maximum atomic E-state index is 11.1. The molecule has 3 nitrogen and oxygen atoms in total. The first-order valence-electron chi connectivity index (χ1n) is 6.65. The average Bonchev–Trinajstić information content (AvgIpc) is 2.64. The molecule has 1 aliphatic carbocycles. The molecule has 1 N–H and O–H groups in total. The van der Waals surface area contributed by atoms with E-state index in [0.717, 1.165) is 18.7 Å². The summed E-state index contributed by atoms with van der Waals surface area (Å²) < 4.78 is 1.97. The molecule has 0 spiro atoms. The molecule has 0 radical (unpaired) electrons. The summed E-state index contributed by atoms with van der Waals surface area (Å²) in [7, 11) is 1.97. The van der Waals surface area contributed by atoms with Crippen LogP contribution in [0.3, 0.4) is 0 Å². The van der Waals surface area contributed by atoms with Crippen molar-refractivity contribution in [3.05, 3.63) is 18.2 Å². The lowest BCUT2D eigenvalue weighted by Gasteiger charge is -2.44. The number of imidazole rings is 1. The third-order valence-corrected chi connectivity index (χ3v) is 4.26. The Labute approximate surface area is 104 Å². The molecule has 0 saturated heterocycles. The Morgan fingerprint density at radius 2 is 2.18 bits per heavy atom. The predicted octanol–water partition coefficient (Wildman–Crippen LogP) is 2.70. The second-order valence-electron chi connectivity index (χ2n) is 6.02. The molecule has 2 rings (SSSR count). The molecule has 17 heavy (non-hydrogen) atoms. The van der Waals surface area contributed by atoms with Gasteiger partial charge in [-0.1, -0.05) is 27.2 Å². The van der Waals surface area contributed by atoms with E-state index in [0.29, 0.717) is 17.8 Å². The lowest BCUT2D eigenvalue weighted by molar-refractivity contribution is -0.0946. The summed E-state index contributed by atoms with van der Waals surface area (Å²) in [4.78, 5) is 4.39. The smallest absolute Gasteiger partial charge is 0.140 e. The fourth-order valence-corrected chi connectivity index (χ4v) is 3.41. The Balaban J connectivity index is 2.39. The van der Waals surface area contributed by atoms with E-state index < -0.39 is 5.60 Å². The fourth-order valence-electron chi connectivity index (χ4n) is 3.41. The second-order valence-corrected chi connectivity index (χ2v) is 6.02. The minimum Gasteiger partial charge on any atom is -0.382 e. The highest BCUT2D eigenvalue weighted by molar-refractivity contribution is 5.09. The minimum absolute atomic E-state index is 0.319. The topological polar surface area (TPSA) is 38.1 Å². The van der Waals surface area contributed by atoms with E-state index in [-0.39, 0.29) is 0 Å². The maximum Gasteiger partial charge on any atom is 0.140 e. The van der Waals surface area contributed by atoms with Crippen LogP contribution in [0.25, 0.3) is 0 Å². The maximum absolute atomic E-state index is 11.1. The Bertz CT molecular complexity index is 385. The number of hydrogen-bond acceptors (Lipinski definition) is 2. The van der Waals surface area contributed by atoms with Crippen molar-refractivity contribution in [3.63, 3.8) is 0 Å². The van der Waals surface area contributed by atoms with Crippen LogP contribution in [0.15, 0.2) is 12.4 Å². The van der Waals surface area contributed by atoms with Crippen LogP contribution in [-0.4, -0.2) is 14.7 Å². The van der Waals surface area contributed by atoms with Gasteiger partial charge in [0.25, 0.3) is 0 Å². The number of aliphatic hydroxyl groups is 1. The van der Waals surface area contributed by atoms with Gasteiger partial charge in [-0.15, -0.1) is 0 Å². The Morgan fingerprint density at radius 1 is 1.47 bits per heavy atom. The van der Waals surface area contributed by atoms with Crippen LogP contribution in [-0.2, 0) is 12.6 Å². The largest absolute Gasteiger partial charge is 0.382 e. The number of aromatic nitrogens is 2. The van der Waals surface area contributed by atoms with Gasteiger partial charge in [-0.05, 0) is 30.6 Å². The summed E-state index contributed by atoms with van der Waals surface area (Å²) in [5, 5.41) is 11.1. The molecule has 0 bridgehead atoms. The van der Waals surface area contributed by atoms with Gasteiger partial charge in [0.1, 0.15) is 11.4 Å². The Morgan fingerprint density at radius 3 is 2.71 bits per heavy atom. The lowest BCUT2D eigenvalue weighted by atomic mass is 9.66. The standard InChI is InChI=1S/C14H24N2O/c1-10(2)12-6-5-11(3)9-14(12,17)13-15-7-8-16(13)4/h7-8,10-12,17H,5-6,9H2,1-4H3. The van der Waals surface area contributed by atoms with Crippen LogP contribution in [0.2, 0.25) is 0 Å². The zero-order valence-electron chi connectivity index (χ0n) is 11.3. The summed E-state index contributed by atoms with van der Waals surface area (Å²) in [5.74, 6) is 2.22. The van der Waals surface area contributed by atoms with Crippen molar-refractivity contribution >= 4 is 0 Å². The summed E-state index contributed by atoms with van der Waals surface area (Å²) in [6, 6.07) is 0. The van der Waals surface area contributed by atoms with Gasteiger partial charge in [0, 0.05) is 19.4 Å². The number of nitrogens with zero attached hydrogens (tertiary/aromatic N) is 2. The summed E-state index contributed by atoms with van der Waals surface area (Å²) in [6.45, 7) is 6.63. The predicted molar refractivity (Wildman–Crippen MR) is 68.4 cm³/mol. The van der Waals surface area contributed by atoms with Gasteiger partial charge in [0.2, 0.25) is 0 Å². The Hall–Kier alpha value is -0.830. The van der Waals surface area contributed by atoms with E-state index in [1.165, 1.54) is 6.42 Å². The van der Waals surface area contributed by atoms with E-state index in [2.05, 4.69) is 25.8 Å². The molecule has 3 heteroatoms. The molecule has 1 aromatic heterocycles. The molecule has 96 valence electrons. The van der Waals surface area contributed by atoms with Crippen LogP contribution >= 0.6 is 0 Å². The third kappa shape index (κ3) is 2.13. The highest BCUT2D eigenvalue weighted by Gasteiger charge is 2.46. The summed E-state index contributed by atoms with van der Waals surface area (Å²) in [6.07, 6.45) is 6.85. The van der Waals surface area contributed by atoms with Crippen LogP contribution in [0.1, 0.15) is 45.9 Å². The zero-order chi connectivity index (χ0) is 12.6. The average molecular weight is 236 g/mol. The first-order chi connectivity index (χ1) is 7.95. The number of aryl methyl sites for hydroxylation is 1. The highest BCUT2D eigenvalue weighted by atomic mass is 16.3. The molecule has 0 aromatic carbocycles. The monoisotopic (exact) mass is 236 g/mol. The van der Waals surface area contributed by atoms with Gasteiger partial charge < -0.3 is 9.67 Å². The van der Waals surface area contributed by atoms with Gasteiger partial charge in [-0.25, -0.2) is 4.98 Å². The molecular formula is C14H24N2O. The molecule has 1 saturated carbocycles. The second kappa shape index (κ2) is 4.45. The molecule has 1 fully saturated rings.